The first-order valence-electron chi connectivity index (χ1n) is 6.17. The summed E-state index contributed by atoms with van der Waals surface area (Å²) in [6.45, 7) is 1.68. The summed E-state index contributed by atoms with van der Waals surface area (Å²) in [6, 6.07) is 10.7. The highest BCUT2D eigenvalue weighted by molar-refractivity contribution is 7.89. The van der Waals surface area contributed by atoms with Crippen molar-refractivity contribution in [1.29, 1.82) is 5.26 Å². The Morgan fingerprint density at radius 1 is 1.33 bits per heavy atom. The van der Waals surface area contributed by atoms with Crippen LogP contribution in [-0.4, -0.2) is 13.4 Å². The maximum absolute atomic E-state index is 12.4. The van der Waals surface area contributed by atoms with E-state index in [1.54, 1.807) is 31.3 Å². The summed E-state index contributed by atoms with van der Waals surface area (Å²) < 4.78 is 27.3. The normalized spacial score (nSPS) is 12.6. The van der Waals surface area contributed by atoms with Gasteiger partial charge in [0.25, 0.3) is 0 Å². The summed E-state index contributed by atoms with van der Waals surface area (Å²) in [7, 11) is -3.84. The van der Waals surface area contributed by atoms with Crippen molar-refractivity contribution in [2.75, 3.05) is 5.73 Å². The predicted molar refractivity (Wildman–Crippen MR) is 78.5 cm³/mol. The first-order valence-corrected chi connectivity index (χ1v) is 7.65. The van der Waals surface area contributed by atoms with E-state index >= 15 is 0 Å². The summed E-state index contributed by atoms with van der Waals surface area (Å²) in [4.78, 5) is 4.01. The quantitative estimate of drug-likeness (QED) is 0.833. The van der Waals surface area contributed by atoms with Crippen LogP contribution in [0.2, 0.25) is 0 Å². The van der Waals surface area contributed by atoms with Crippen LogP contribution in [0.15, 0.2) is 47.5 Å². The van der Waals surface area contributed by atoms with Crippen LogP contribution in [0, 0.1) is 11.3 Å². The average molecular weight is 302 g/mol. The number of nitriles is 1. The number of pyridine rings is 1. The van der Waals surface area contributed by atoms with Gasteiger partial charge in [0, 0.05) is 11.9 Å². The second-order valence-corrected chi connectivity index (χ2v) is 6.15. The average Bonchev–Trinajstić information content (AvgIpc) is 2.47. The highest BCUT2D eigenvalue weighted by Gasteiger charge is 2.22. The van der Waals surface area contributed by atoms with Crippen molar-refractivity contribution in [2.45, 2.75) is 17.9 Å². The number of sulfonamides is 1. The molecule has 1 aromatic carbocycles. The molecule has 1 atom stereocenters. The third kappa shape index (κ3) is 3.37. The standard InChI is InChI=1S/C14H14N4O2S/c1-10(13-4-2-3-7-17-13)18-21(19,20)14-6-5-12(16)8-11(14)9-15/h2-8,10,18H,16H2,1H3. The molecule has 0 saturated carbocycles. The van der Waals surface area contributed by atoms with Gasteiger partial charge < -0.3 is 5.73 Å². The molecule has 108 valence electrons. The van der Waals surface area contributed by atoms with Gasteiger partial charge in [-0.25, -0.2) is 13.1 Å². The molecule has 7 heteroatoms. The fraction of sp³-hybridized carbons (Fsp3) is 0.143. The van der Waals surface area contributed by atoms with Crippen LogP contribution >= 0.6 is 0 Å². The number of nitrogens with zero attached hydrogens (tertiary/aromatic N) is 2. The Morgan fingerprint density at radius 3 is 2.71 bits per heavy atom. The first-order chi connectivity index (χ1) is 9.94. The van der Waals surface area contributed by atoms with Crippen molar-refractivity contribution < 1.29 is 8.42 Å². The van der Waals surface area contributed by atoms with Crippen LogP contribution < -0.4 is 10.5 Å². The Balaban J connectivity index is 2.34. The second kappa shape index (κ2) is 5.91. The number of rotatable bonds is 4. The minimum atomic E-state index is -3.84. The van der Waals surface area contributed by atoms with Gasteiger partial charge in [0.2, 0.25) is 10.0 Å². The molecule has 0 radical (unpaired) electrons. The van der Waals surface area contributed by atoms with Crippen LogP contribution in [0.1, 0.15) is 24.2 Å². The number of nitrogen functional groups attached to an aromatic ring is 1. The number of aromatic nitrogens is 1. The zero-order chi connectivity index (χ0) is 15.5. The zero-order valence-corrected chi connectivity index (χ0v) is 12.1. The van der Waals surface area contributed by atoms with Gasteiger partial charge in [0.15, 0.2) is 0 Å². The van der Waals surface area contributed by atoms with Gasteiger partial charge in [0.1, 0.15) is 6.07 Å². The van der Waals surface area contributed by atoms with E-state index in [1.165, 1.54) is 18.2 Å². The SMILES string of the molecule is CC(NS(=O)(=O)c1ccc(N)cc1C#N)c1ccccn1. The molecule has 1 aromatic heterocycles. The molecule has 2 aromatic rings. The maximum atomic E-state index is 12.4. The summed E-state index contributed by atoms with van der Waals surface area (Å²) in [5, 5.41) is 9.05. The number of benzene rings is 1. The van der Waals surface area contributed by atoms with E-state index in [0.29, 0.717) is 11.4 Å². The lowest BCUT2D eigenvalue weighted by atomic mass is 10.2. The fourth-order valence-electron chi connectivity index (χ4n) is 1.86. The molecule has 21 heavy (non-hydrogen) atoms. The van der Waals surface area contributed by atoms with Crippen LogP contribution in [0.3, 0.4) is 0 Å². The molecule has 6 nitrogen and oxygen atoms in total. The van der Waals surface area contributed by atoms with Crippen LogP contribution in [0.4, 0.5) is 5.69 Å². The molecule has 0 aliphatic rings. The largest absolute Gasteiger partial charge is 0.399 e. The Bertz CT molecular complexity index is 782. The van der Waals surface area contributed by atoms with Gasteiger partial charge >= 0.3 is 0 Å². The smallest absolute Gasteiger partial charge is 0.242 e. The van der Waals surface area contributed by atoms with Crippen LogP contribution in [-0.2, 0) is 10.0 Å². The number of anilines is 1. The van der Waals surface area contributed by atoms with Gasteiger partial charge in [-0.15, -0.1) is 0 Å². The lowest BCUT2D eigenvalue weighted by Crippen LogP contribution is -2.28. The summed E-state index contributed by atoms with van der Waals surface area (Å²) in [6.07, 6.45) is 1.59. The third-order valence-corrected chi connectivity index (χ3v) is 4.48. The highest BCUT2D eigenvalue weighted by Crippen LogP contribution is 2.20. The Hall–Kier alpha value is -2.43. The molecular formula is C14H14N4O2S. The van der Waals surface area contributed by atoms with Crippen molar-refractivity contribution in [3.63, 3.8) is 0 Å². The van der Waals surface area contributed by atoms with Gasteiger partial charge in [0.05, 0.1) is 22.2 Å². The highest BCUT2D eigenvalue weighted by atomic mass is 32.2. The van der Waals surface area contributed by atoms with E-state index in [1.807, 2.05) is 6.07 Å². The van der Waals surface area contributed by atoms with Crippen molar-refractivity contribution in [2.24, 2.45) is 0 Å². The fourth-order valence-corrected chi connectivity index (χ4v) is 3.21. The van der Waals surface area contributed by atoms with Crippen molar-refractivity contribution in [1.82, 2.24) is 9.71 Å². The van der Waals surface area contributed by atoms with E-state index in [-0.39, 0.29) is 10.5 Å². The Kier molecular flexibility index (Phi) is 4.21. The number of nitrogens with one attached hydrogen (secondary N) is 1. The minimum absolute atomic E-state index is 0.00993. The lowest BCUT2D eigenvalue weighted by molar-refractivity contribution is 0.564. The topological polar surface area (TPSA) is 109 Å². The van der Waals surface area contributed by atoms with Gasteiger partial charge in [-0.1, -0.05) is 6.07 Å². The molecular weight excluding hydrogens is 288 g/mol. The molecule has 0 saturated heterocycles. The monoisotopic (exact) mass is 302 g/mol. The van der Waals surface area contributed by atoms with Gasteiger partial charge in [-0.05, 0) is 37.3 Å². The molecule has 3 N–H and O–H groups in total. The Labute approximate surface area is 123 Å². The van der Waals surface area contributed by atoms with Gasteiger partial charge in [-0.2, -0.15) is 5.26 Å². The second-order valence-electron chi connectivity index (χ2n) is 4.46. The molecule has 0 amide bonds. The van der Waals surface area contributed by atoms with E-state index in [9.17, 15) is 8.42 Å². The van der Waals surface area contributed by atoms with Crippen LogP contribution in [0.25, 0.3) is 0 Å². The number of hydrogen-bond acceptors (Lipinski definition) is 5. The maximum Gasteiger partial charge on any atom is 0.242 e. The van der Waals surface area contributed by atoms with Crippen molar-refractivity contribution in [3.8, 4) is 6.07 Å². The molecule has 0 bridgehead atoms. The lowest BCUT2D eigenvalue weighted by Gasteiger charge is -2.14. The molecule has 2 rings (SSSR count). The molecule has 1 heterocycles. The molecule has 0 aliphatic carbocycles. The molecule has 0 aliphatic heterocycles. The number of hydrogen-bond donors (Lipinski definition) is 2. The van der Waals surface area contributed by atoms with E-state index in [2.05, 4.69) is 9.71 Å². The van der Waals surface area contributed by atoms with Crippen molar-refractivity contribution >= 4 is 15.7 Å². The third-order valence-electron chi connectivity index (χ3n) is 2.88. The summed E-state index contributed by atoms with van der Waals surface area (Å²) >= 11 is 0. The van der Waals surface area contributed by atoms with E-state index < -0.39 is 16.1 Å². The first kappa shape index (κ1) is 15.0. The minimum Gasteiger partial charge on any atom is -0.399 e. The Morgan fingerprint density at radius 2 is 2.10 bits per heavy atom. The molecule has 0 spiro atoms. The summed E-state index contributed by atoms with van der Waals surface area (Å²) in [5.74, 6) is 0. The van der Waals surface area contributed by atoms with Crippen molar-refractivity contribution in [3.05, 3.63) is 53.9 Å². The van der Waals surface area contributed by atoms with Crippen LogP contribution in [0.5, 0.6) is 0 Å². The zero-order valence-electron chi connectivity index (χ0n) is 11.3. The van der Waals surface area contributed by atoms with E-state index in [0.717, 1.165) is 0 Å². The van der Waals surface area contributed by atoms with E-state index in [4.69, 9.17) is 11.0 Å². The number of nitrogens with two attached hydrogens (primary N) is 1. The molecule has 1 unspecified atom stereocenters. The summed E-state index contributed by atoms with van der Waals surface area (Å²) in [5.41, 5.74) is 6.50. The molecule has 0 fully saturated rings. The predicted octanol–water partition coefficient (Wildman–Crippen LogP) is 1.57. The van der Waals surface area contributed by atoms with Gasteiger partial charge in [-0.3, -0.25) is 4.98 Å².